The maximum Gasteiger partial charge on any atom is 0.140 e. The number of aryl methyl sites for hydroxylation is 2. The standard InChI is InChI=1S/C13H14N4/c1-9-5-3-4-6-11(9)8-17-13(15)12(7-14)10(2)16-17/h3-6H,8,15H2,1-2H3. The molecule has 4 nitrogen and oxygen atoms in total. The molecule has 0 saturated heterocycles. The summed E-state index contributed by atoms with van der Waals surface area (Å²) in [7, 11) is 0. The third kappa shape index (κ3) is 2.00. The van der Waals surface area contributed by atoms with Gasteiger partial charge in [-0.3, -0.25) is 0 Å². The van der Waals surface area contributed by atoms with Crippen molar-refractivity contribution in [1.29, 1.82) is 5.26 Å². The van der Waals surface area contributed by atoms with Gasteiger partial charge in [-0.05, 0) is 25.0 Å². The molecule has 1 heterocycles. The van der Waals surface area contributed by atoms with E-state index in [9.17, 15) is 0 Å². The monoisotopic (exact) mass is 226 g/mol. The van der Waals surface area contributed by atoms with Crippen molar-refractivity contribution >= 4 is 5.82 Å². The Bertz CT molecular complexity index is 590. The van der Waals surface area contributed by atoms with Gasteiger partial charge in [0.2, 0.25) is 0 Å². The number of rotatable bonds is 2. The molecule has 0 atom stereocenters. The number of nitrogens with two attached hydrogens (primary N) is 1. The van der Waals surface area contributed by atoms with Crippen molar-refractivity contribution in [3.63, 3.8) is 0 Å². The zero-order valence-electron chi connectivity index (χ0n) is 9.94. The summed E-state index contributed by atoms with van der Waals surface area (Å²) in [5.74, 6) is 0.438. The molecule has 0 unspecified atom stereocenters. The summed E-state index contributed by atoms with van der Waals surface area (Å²) in [6.45, 7) is 4.44. The molecule has 2 aromatic rings. The Balaban J connectivity index is 2.38. The number of nitrogens with zero attached hydrogens (tertiary/aromatic N) is 3. The van der Waals surface area contributed by atoms with Gasteiger partial charge in [0.1, 0.15) is 17.5 Å². The fourth-order valence-electron chi connectivity index (χ4n) is 1.81. The van der Waals surface area contributed by atoms with Crippen molar-refractivity contribution in [2.24, 2.45) is 0 Å². The van der Waals surface area contributed by atoms with Crippen molar-refractivity contribution in [2.45, 2.75) is 20.4 Å². The van der Waals surface area contributed by atoms with E-state index < -0.39 is 0 Å². The van der Waals surface area contributed by atoms with E-state index in [4.69, 9.17) is 11.0 Å². The van der Waals surface area contributed by atoms with Crippen molar-refractivity contribution in [3.05, 3.63) is 46.6 Å². The van der Waals surface area contributed by atoms with Crippen LogP contribution in [0.1, 0.15) is 22.4 Å². The first kappa shape index (κ1) is 11.2. The predicted octanol–water partition coefficient (Wildman–Crippen LogP) is 2.00. The third-order valence-corrected chi connectivity index (χ3v) is 2.86. The van der Waals surface area contributed by atoms with E-state index in [1.54, 1.807) is 11.6 Å². The predicted molar refractivity (Wildman–Crippen MR) is 66.4 cm³/mol. The molecule has 4 heteroatoms. The summed E-state index contributed by atoms with van der Waals surface area (Å²) in [4.78, 5) is 0. The van der Waals surface area contributed by atoms with Gasteiger partial charge >= 0.3 is 0 Å². The third-order valence-electron chi connectivity index (χ3n) is 2.86. The topological polar surface area (TPSA) is 67.6 Å². The van der Waals surface area contributed by atoms with Crippen molar-refractivity contribution in [3.8, 4) is 6.07 Å². The van der Waals surface area contributed by atoms with Gasteiger partial charge < -0.3 is 5.73 Å². The Kier molecular flexibility index (Phi) is 2.84. The molecule has 0 spiro atoms. The molecule has 0 aliphatic heterocycles. The molecule has 0 radical (unpaired) electrons. The van der Waals surface area contributed by atoms with Crippen molar-refractivity contribution < 1.29 is 0 Å². The van der Waals surface area contributed by atoms with E-state index in [0.717, 1.165) is 5.56 Å². The van der Waals surface area contributed by atoms with Gasteiger partial charge in [0.25, 0.3) is 0 Å². The molecule has 17 heavy (non-hydrogen) atoms. The van der Waals surface area contributed by atoms with Crippen LogP contribution in [0.15, 0.2) is 24.3 Å². The first-order valence-electron chi connectivity index (χ1n) is 5.41. The SMILES string of the molecule is Cc1ccccc1Cn1nc(C)c(C#N)c1N. The van der Waals surface area contributed by atoms with Gasteiger partial charge in [0.15, 0.2) is 0 Å². The second-order valence-corrected chi connectivity index (χ2v) is 4.04. The van der Waals surface area contributed by atoms with Crippen LogP contribution in [-0.2, 0) is 6.54 Å². The molecule has 0 aliphatic rings. The lowest BCUT2D eigenvalue weighted by molar-refractivity contribution is 0.686. The molecule has 0 amide bonds. The van der Waals surface area contributed by atoms with E-state index in [2.05, 4.69) is 11.2 Å². The summed E-state index contributed by atoms with van der Waals surface area (Å²) in [5, 5.41) is 13.2. The van der Waals surface area contributed by atoms with Gasteiger partial charge in [-0.2, -0.15) is 10.4 Å². The van der Waals surface area contributed by atoms with E-state index in [1.165, 1.54) is 5.56 Å². The van der Waals surface area contributed by atoms with Gasteiger partial charge in [-0.25, -0.2) is 4.68 Å². The molecule has 0 fully saturated rings. The van der Waals surface area contributed by atoms with Crippen LogP contribution in [-0.4, -0.2) is 9.78 Å². The quantitative estimate of drug-likeness (QED) is 0.851. The zero-order chi connectivity index (χ0) is 12.4. The number of benzene rings is 1. The lowest BCUT2D eigenvalue weighted by Gasteiger charge is -2.07. The van der Waals surface area contributed by atoms with E-state index in [-0.39, 0.29) is 0 Å². The molecule has 2 N–H and O–H groups in total. The van der Waals surface area contributed by atoms with Crippen LogP contribution in [0, 0.1) is 25.2 Å². The van der Waals surface area contributed by atoms with Gasteiger partial charge in [-0.1, -0.05) is 24.3 Å². The minimum Gasteiger partial charge on any atom is -0.383 e. The fraction of sp³-hybridized carbons (Fsp3) is 0.231. The average Bonchev–Trinajstić information content (AvgIpc) is 2.57. The summed E-state index contributed by atoms with van der Waals surface area (Å²) in [6, 6.07) is 10.1. The highest BCUT2D eigenvalue weighted by atomic mass is 15.3. The minimum atomic E-state index is 0.438. The number of hydrogen-bond donors (Lipinski definition) is 1. The highest BCUT2D eigenvalue weighted by Crippen LogP contribution is 2.17. The van der Waals surface area contributed by atoms with Crippen LogP contribution in [0.5, 0.6) is 0 Å². The Morgan fingerprint density at radius 2 is 2.06 bits per heavy atom. The molecule has 2 rings (SSSR count). The van der Waals surface area contributed by atoms with Gasteiger partial charge in [0.05, 0.1) is 12.2 Å². The number of hydrogen-bond acceptors (Lipinski definition) is 3. The lowest BCUT2D eigenvalue weighted by Crippen LogP contribution is -2.07. The molecule has 86 valence electrons. The molecular weight excluding hydrogens is 212 g/mol. The van der Waals surface area contributed by atoms with E-state index in [1.807, 2.05) is 31.2 Å². The summed E-state index contributed by atoms with van der Waals surface area (Å²) in [5.41, 5.74) is 9.39. The van der Waals surface area contributed by atoms with Crippen LogP contribution in [0.25, 0.3) is 0 Å². The van der Waals surface area contributed by atoms with Crippen LogP contribution >= 0.6 is 0 Å². The molecule has 0 bridgehead atoms. The number of nitriles is 1. The maximum absolute atomic E-state index is 8.95. The number of nitrogen functional groups attached to an aromatic ring is 1. The van der Waals surface area contributed by atoms with Crippen LogP contribution in [0.4, 0.5) is 5.82 Å². The fourth-order valence-corrected chi connectivity index (χ4v) is 1.81. The second kappa shape index (κ2) is 4.30. The van der Waals surface area contributed by atoms with Crippen LogP contribution < -0.4 is 5.73 Å². The average molecular weight is 226 g/mol. The maximum atomic E-state index is 8.95. The van der Waals surface area contributed by atoms with Gasteiger partial charge in [0, 0.05) is 0 Å². The second-order valence-electron chi connectivity index (χ2n) is 4.04. The van der Waals surface area contributed by atoms with Crippen molar-refractivity contribution in [2.75, 3.05) is 5.73 Å². The highest BCUT2D eigenvalue weighted by Gasteiger charge is 2.12. The Hall–Kier alpha value is -2.28. The molecule has 1 aromatic heterocycles. The zero-order valence-corrected chi connectivity index (χ0v) is 9.94. The summed E-state index contributed by atoms with van der Waals surface area (Å²) >= 11 is 0. The molecule has 0 saturated carbocycles. The number of aromatic nitrogens is 2. The number of anilines is 1. The van der Waals surface area contributed by atoms with Crippen LogP contribution in [0.2, 0.25) is 0 Å². The normalized spacial score (nSPS) is 10.2. The Labute approximate surface area is 100 Å². The van der Waals surface area contributed by atoms with Gasteiger partial charge in [-0.15, -0.1) is 0 Å². The van der Waals surface area contributed by atoms with E-state index in [0.29, 0.717) is 23.6 Å². The molecule has 0 aliphatic carbocycles. The Morgan fingerprint density at radius 3 is 2.65 bits per heavy atom. The largest absolute Gasteiger partial charge is 0.383 e. The molecular formula is C13H14N4. The van der Waals surface area contributed by atoms with Crippen molar-refractivity contribution in [1.82, 2.24) is 9.78 Å². The summed E-state index contributed by atoms with van der Waals surface area (Å²) in [6.07, 6.45) is 0. The first-order chi connectivity index (χ1) is 8.13. The Morgan fingerprint density at radius 1 is 1.35 bits per heavy atom. The first-order valence-corrected chi connectivity index (χ1v) is 5.41. The highest BCUT2D eigenvalue weighted by molar-refractivity contribution is 5.52. The smallest absolute Gasteiger partial charge is 0.140 e. The van der Waals surface area contributed by atoms with E-state index >= 15 is 0 Å². The minimum absolute atomic E-state index is 0.438. The lowest BCUT2D eigenvalue weighted by atomic mass is 10.1. The molecule has 1 aromatic carbocycles. The van der Waals surface area contributed by atoms with Crippen LogP contribution in [0.3, 0.4) is 0 Å². The summed E-state index contributed by atoms with van der Waals surface area (Å²) < 4.78 is 1.68.